The normalized spacial score (nSPS) is 11.7. The minimum absolute atomic E-state index is 0. The maximum absolute atomic E-state index is 5.92. The Morgan fingerprint density at radius 2 is 2.12 bits per heavy atom. The predicted octanol–water partition coefficient (Wildman–Crippen LogP) is 3.92. The molecule has 0 spiro atoms. The number of hydrogen-bond donors (Lipinski definition) is 1. The molecule has 2 nitrogen and oxygen atoms in total. The first kappa shape index (κ1) is 16.6. The second-order valence-electron chi connectivity index (χ2n) is 3.88. The quantitative estimate of drug-likeness (QED) is 0.816. The average Bonchev–Trinajstić information content (AvgIpc) is 2.26. The van der Waals surface area contributed by atoms with Gasteiger partial charge < -0.3 is 10.1 Å². The molecule has 0 radical (unpaired) electrons. The van der Waals surface area contributed by atoms with Crippen LogP contribution in [0, 0.1) is 0 Å². The summed E-state index contributed by atoms with van der Waals surface area (Å²) >= 11 is 5.92. The van der Waals surface area contributed by atoms with Crippen molar-refractivity contribution in [3.05, 3.63) is 29.3 Å². The Hall–Kier alpha value is -0.440. The van der Waals surface area contributed by atoms with Crippen LogP contribution >= 0.6 is 24.0 Å². The van der Waals surface area contributed by atoms with E-state index in [0.29, 0.717) is 0 Å². The van der Waals surface area contributed by atoms with E-state index in [4.69, 9.17) is 16.3 Å². The van der Waals surface area contributed by atoms with Crippen molar-refractivity contribution >= 4 is 24.0 Å². The molecule has 0 aliphatic heterocycles. The summed E-state index contributed by atoms with van der Waals surface area (Å²) in [5, 5.41) is 3.87. The molecule has 0 unspecified atom stereocenters. The zero-order chi connectivity index (χ0) is 11.8. The van der Waals surface area contributed by atoms with Gasteiger partial charge in [-0.15, -0.1) is 12.4 Å². The number of rotatable bonds is 7. The summed E-state index contributed by atoms with van der Waals surface area (Å²) in [4.78, 5) is 0. The maximum atomic E-state index is 5.92. The van der Waals surface area contributed by atoms with E-state index in [1.54, 1.807) is 0 Å². The number of ether oxygens (including phenoxy) is 1. The van der Waals surface area contributed by atoms with Gasteiger partial charge in [0.2, 0.25) is 0 Å². The molecule has 17 heavy (non-hydrogen) atoms. The minimum atomic E-state index is 0. The first-order valence-corrected chi connectivity index (χ1v) is 6.21. The van der Waals surface area contributed by atoms with Crippen LogP contribution in [0.3, 0.4) is 0 Å². The summed E-state index contributed by atoms with van der Waals surface area (Å²) in [7, 11) is 1.96. The van der Waals surface area contributed by atoms with Crippen LogP contribution in [0.2, 0.25) is 5.02 Å². The van der Waals surface area contributed by atoms with Crippen LogP contribution in [0.15, 0.2) is 24.3 Å². The highest BCUT2D eigenvalue weighted by Gasteiger charge is 2.08. The largest absolute Gasteiger partial charge is 0.490 e. The van der Waals surface area contributed by atoms with E-state index in [1.807, 2.05) is 31.3 Å². The number of hydrogen-bond acceptors (Lipinski definition) is 2. The van der Waals surface area contributed by atoms with Gasteiger partial charge in [0.25, 0.3) is 0 Å². The van der Waals surface area contributed by atoms with Crippen molar-refractivity contribution in [3.8, 4) is 5.75 Å². The molecule has 0 bridgehead atoms. The lowest BCUT2D eigenvalue weighted by Crippen LogP contribution is -2.22. The van der Waals surface area contributed by atoms with E-state index in [-0.39, 0.29) is 18.5 Å². The lowest BCUT2D eigenvalue weighted by molar-refractivity contribution is 0.180. The first-order chi connectivity index (χ1) is 7.76. The lowest BCUT2D eigenvalue weighted by atomic mass is 10.1. The number of nitrogens with one attached hydrogen (secondary N) is 1. The van der Waals surface area contributed by atoms with Crippen molar-refractivity contribution in [1.29, 1.82) is 0 Å². The predicted molar refractivity (Wildman–Crippen MR) is 76.6 cm³/mol. The SMILES string of the molecule is CCC[C@H](CCNC)Oc1cccc(Cl)c1.Cl. The van der Waals surface area contributed by atoms with Crippen LogP contribution in [-0.4, -0.2) is 19.7 Å². The highest BCUT2D eigenvalue weighted by molar-refractivity contribution is 6.30. The molecule has 0 aromatic heterocycles. The van der Waals surface area contributed by atoms with Crippen molar-refractivity contribution in [2.45, 2.75) is 32.3 Å². The van der Waals surface area contributed by atoms with Crippen molar-refractivity contribution < 1.29 is 4.74 Å². The molecule has 1 N–H and O–H groups in total. The van der Waals surface area contributed by atoms with Crippen molar-refractivity contribution in [1.82, 2.24) is 5.32 Å². The van der Waals surface area contributed by atoms with Crippen LogP contribution < -0.4 is 10.1 Å². The summed E-state index contributed by atoms with van der Waals surface area (Å²) < 4.78 is 5.91. The van der Waals surface area contributed by atoms with Gasteiger partial charge in [-0.3, -0.25) is 0 Å². The van der Waals surface area contributed by atoms with Gasteiger partial charge in [0.1, 0.15) is 5.75 Å². The maximum Gasteiger partial charge on any atom is 0.121 e. The zero-order valence-electron chi connectivity index (χ0n) is 10.4. The van der Waals surface area contributed by atoms with E-state index in [0.717, 1.165) is 36.6 Å². The van der Waals surface area contributed by atoms with Crippen LogP contribution in [-0.2, 0) is 0 Å². The molecule has 1 atom stereocenters. The van der Waals surface area contributed by atoms with E-state index < -0.39 is 0 Å². The molecule has 0 fully saturated rings. The fourth-order valence-electron chi connectivity index (χ4n) is 1.62. The molecule has 0 aliphatic rings. The van der Waals surface area contributed by atoms with Gasteiger partial charge in [0, 0.05) is 5.02 Å². The average molecular weight is 278 g/mol. The third kappa shape index (κ3) is 6.77. The van der Waals surface area contributed by atoms with Crippen molar-refractivity contribution in [2.75, 3.05) is 13.6 Å². The van der Waals surface area contributed by atoms with Gasteiger partial charge in [0.15, 0.2) is 0 Å². The Morgan fingerprint density at radius 1 is 1.35 bits per heavy atom. The molecular formula is C13H21Cl2NO. The molecule has 4 heteroatoms. The topological polar surface area (TPSA) is 21.3 Å². The second kappa shape index (κ2) is 9.58. The third-order valence-electron chi connectivity index (χ3n) is 2.43. The monoisotopic (exact) mass is 277 g/mol. The lowest BCUT2D eigenvalue weighted by Gasteiger charge is -2.18. The number of benzene rings is 1. The molecule has 1 aromatic carbocycles. The van der Waals surface area contributed by atoms with Crippen LogP contribution in [0.5, 0.6) is 5.75 Å². The van der Waals surface area contributed by atoms with Gasteiger partial charge in [-0.1, -0.05) is 31.0 Å². The zero-order valence-corrected chi connectivity index (χ0v) is 12.0. The Morgan fingerprint density at radius 3 is 2.71 bits per heavy atom. The summed E-state index contributed by atoms with van der Waals surface area (Å²) in [6.07, 6.45) is 3.51. The molecule has 1 aromatic rings. The molecule has 0 heterocycles. The van der Waals surface area contributed by atoms with Gasteiger partial charge in [-0.25, -0.2) is 0 Å². The van der Waals surface area contributed by atoms with Crippen molar-refractivity contribution in [2.24, 2.45) is 0 Å². The summed E-state index contributed by atoms with van der Waals surface area (Å²) in [5.41, 5.74) is 0. The molecule has 0 saturated heterocycles. The van der Waals surface area contributed by atoms with E-state index in [9.17, 15) is 0 Å². The summed E-state index contributed by atoms with van der Waals surface area (Å²) in [6, 6.07) is 7.59. The second-order valence-corrected chi connectivity index (χ2v) is 4.31. The van der Waals surface area contributed by atoms with Gasteiger partial charge in [0.05, 0.1) is 6.10 Å². The highest BCUT2D eigenvalue weighted by Crippen LogP contribution is 2.20. The molecular weight excluding hydrogens is 257 g/mol. The minimum Gasteiger partial charge on any atom is -0.490 e. The summed E-state index contributed by atoms with van der Waals surface area (Å²) in [6.45, 7) is 3.15. The highest BCUT2D eigenvalue weighted by atomic mass is 35.5. The molecule has 0 saturated carbocycles. The smallest absolute Gasteiger partial charge is 0.121 e. The Labute approximate surface area is 115 Å². The fourth-order valence-corrected chi connectivity index (χ4v) is 1.80. The molecule has 0 amide bonds. The Bertz CT molecular complexity index is 307. The van der Waals surface area contributed by atoms with E-state index in [2.05, 4.69) is 12.2 Å². The van der Waals surface area contributed by atoms with Gasteiger partial charge >= 0.3 is 0 Å². The fraction of sp³-hybridized carbons (Fsp3) is 0.538. The number of halogens is 2. The van der Waals surface area contributed by atoms with Crippen molar-refractivity contribution in [3.63, 3.8) is 0 Å². The first-order valence-electron chi connectivity index (χ1n) is 5.83. The summed E-state index contributed by atoms with van der Waals surface area (Å²) in [5.74, 6) is 0.863. The molecule has 98 valence electrons. The van der Waals surface area contributed by atoms with Crippen LogP contribution in [0.25, 0.3) is 0 Å². The van der Waals surface area contributed by atoms with Gasteiger partial charge in [-0.05, 0) is 44.6 Å². The Kier molecular flexibility index (Phi) is 9.33. The van der Waals surface area contributed by atoms with E-state index in [1.165, 1.54) is 0 Å². The van der Waals surface area contributed by atoms with E-state index >= 15 is 0 Å². The van der Waals surface area contributed by atoms with Crippen LogP contribution in [0.1, 0.15) is 26.2 Å². The molecule has 0 aliphatic carbocycles. The Balaban J connectivity index is 0.00000256. The standard InChI is InChI=1S/C13H20ClNO.ClH/c1-3-5-12(8-9-15-2)16-13-7-4-6-11(14)10-13;/h4,6-7,10,12,15H,3,5,8-9H2,1-2H3;1H/t12-;/m1./s1. The molecule has 1 rings (SSSR count). The third-order valence-corrected chi connectivity index (χ3v) is 2.66. The van der Waals surface area contributed by atoms with Crippen LogP contribution in [0.4, 0.5) is 0 Å². The van der Waals surface area contributed by atoms with Gasteiger partial charge in [-0.2, -0.15) is 0 Å².